The van der Waals surface area contributed by atoms with Gasteiger partial charge in [0.1, 0.15) is 17.0 Å². The number of fused-ring (bicyclic) bond motifs is 1. The summed E-state index contributed by atoms with van der Waals surface area (Å²) in [5.74, 6) is 1.00. The summed E-state index contributed by atoms with van der Waals surface area (Å²) in [5, 5.41) is 3.29. The maximum absolute atomic E-state index is 12.7. The molecule has 0 aromatic carbocycles. The van der Waals surface area contributed by atoms with Gasteiger partial charge in [-0.2, -0.15) is 0 Å². The molecule has 2 fully saturated rings. The number of urea groups is 1. The van der Waals surface area contributed by atoms with Crippen molar-refractivity contribution in [3.63, 3.8) is 0 Å². The minimum Gasteiger partial charge on any atom is -0.378 e. The predicted octanol–water partition coefficient (Wildman–Crippen LogP) is 1.96. The largest absolute Gasteiger partial charge is 0.378 e. The van der Waals surface area contributed by atoms with Crippen LogP contribution in [0.15, 0.2) is 11.7 Å². The van der Waals surface area contributed by atoms with Crippen molar-refractivity contribution < 1.29 is 9.53 Å². The fraction of sp³-hybridized carbons (Fsp3) is 0.588. The number of carbonyl (C=O) groups is 1. The first-order valence-corrected chi connectivity index (χ1v) is 9.67. The number of anilines is 1. The second-order valence-corrected chi connectivity index (χ2v) is 7.36. The van der Waals surface area contributed by atoms with E-state index in [0.717, 1.165) is 48.6 Å². The molecular weight excluding hydrogens is 338 g/mol. The molecule has 2 amide bonds. The van der Waals surface area contributed by atoms with Crippen molar-refractivity contribution in [2.75, 3.05) is 57.4 Å². The quantitative estimate of drug-likeness (QED) is 0.777. The molecule has 4 rings (SSSR count). The van der Waals surface area contributed by atoms with Crippen molar-refractivity contribution >= 4 is 33.4 Å². The van der Waals surface area contributed by atoms with Gasteiger partial charge in [0.2, 0.25) is 0 Å². The Bertz CT molecular complexity index is 759. The van der Waals surface area contributed by atoms with E-state index in [1.54, 1.807) is 17.7 Å². The highest BCUT2D eigenvalue weighted by molar-refractivity contribution is 7.17. The number of aryl methyl sites for hydroxylation is 1. The van der Waals surface area contributed by atoms with Gasteiger partial charge in [0.25, 0.3) is 0 Å². The number of nitrogens with zero attached hydrogens (tertiary/aromatic N) is 5. The van der Waals surface area contributed by atoms with Crippen LogP contribution < -0.4 is 4.90 Å². The SMILES string of the molecule is Cc1csc2ncnc(N3CCCN(C(=O)N4CCOCC4)CC3)c12. The normalized spacial score (nSPS) is 19.3. The molecule has 0 unspecified atom stereocenters. The van der Waals surface area contributed by atoms with Crippen LogP contribution in [0.25, 0.3) is 10.2 Å². The maximum atomic E-state index is 12.7. The second-order valence-electron chi connectivity index (χ2n) is 6.51. The highest BCUT2D eigenvalue weighted by atomic mass is 32.1. The monoisotopic (exact) mass is 361 g/mol. The van der Waals surface area contributed by atoms with Crippen LogP contribution in [-0.4, -0.2) is 78.3 Å². The summed E-state index contributed by atoms with van der Waals surface area (Å²) in [6.07, 6.45) is 2.60. The van der Waals surface area contributed by atoms with Gasteiger partial charge in [0.05, 0.1) is 18.6 Å². The minimum atomic E-state index is 0.143. The van der Waals surface area contributed by atoms with Crippen molar-refractivity contribution in [3.8, 4) is 0 Å². The predicted molar refractivity (Wildman–Crippen MR) is 98.3 cm³/mol. The van der Waals surface area contributed by atoms with Crippen molar-refractivity contribution in [1.82, 2.24) is 19.8 Å². The molecule has 0 radical (unpaired) electrons. The van der Waals surface area contributed by atoms with Gasteiger partial charge in [-0.25, -0.2) is 14.8 Å². The minimum absolute atomic E-state index is 0.143. The molecule has 4 heterocycles. The van der Waals surface area contributed by atoms with Crippen LogP contribution in [0, 0.1) is 6.92 Å². The Hall–Kier alpha value is -1.93. The van der Waals surface area contributed by atoms with E-state index in [1.807, 2.05) is 9.80 Å². The lowest BCUT2D eigenvalue weighted by molar-refractivity contribution is 0.0438. The van der Waals surface area contributed by atoms with E-state index in [-0.39, 0.29) is 6.03 Å². The lowest BCUT2D eigenvalue weighted by Crippen LogP contribution is -2.49. The smallest absolute Gasteiger partial charge is 0.320 e. The third-order valence-electron chi connectivity index (χ3n) is 4.88. The number of rotatable bonds is 1. The van der Waals surface area contributed by atoms with E-state index in [4.69, 9.17) is 4.74 Å². The lowest BCUT2D eigenvalue weighted by atomic mass is 10.2. The number of aromatic nitrogens is 2. The third kappa shape index (κ3) is 3.28. The van der Waals surface area contributed by atoms with Crippen LogP contribution in [0.3, 0.4) is 0 Å². The summed E-state index contributed by atoms with van der Waals surface area (Å²) in [6, 6.07) is 0.143. The molecule has 0 atom stereocenters. The van der Waals surface area contributed by atoms with Crippen LogP contribution >= 0.6 is 11.3 Å². The van der Waals surface area contributed by atoms with Crippen molar-refractivity contribution in [1.29, 1.82) is 0 Å². The number of thiophene rings is 1. The highest BCUT2D eigenvalue weighted by Gasteiger charge is 2.26. The number of amides is 2. The van der Waals surface area contributed by atoms with Crippen LogP contribution in [0.5, 0.6) is 0 Å². The van der Waals surface area contributed by atoms with Gasteiger partial charge in [0, 0.05) is 39.3 Å². The van der Waals surface area contributed by atoms with Gasteiger partial charge in [-0.15, -0.1) is 11.3 Å². The molecule has 8 heteroatoms. The number of ether oxygens (including phenoxy) is 1. The zero-order valence-corrected chi connectivity index (χ0v) is 15.3. The fourth-order valence-electron chi connectivity index (χ4n) is 3.51. The second kappa shape index (κ2) is 7.13. The molecule has 0 spiro atoms. The number of hydrogen-bond acceptors (Lipinski definition) is 6. The first-order chi connectivity index (χ1) is 12.2. The van der Waals surface area contributed by atoms with Crippen molar-refractivity contribution in [2.24, 2.45) is 0 Å². The van der Waals surface area contributed by atoms with Gasteiger partial charge < -0.3 is 19.4 Å². The summed E-state index contributed by atoms with van der Waals surface area (Å²) < 4.78 is 5.35. The zero-order chi connectivity index (χ0) is 17.2. The molecule has 7 nitrogen and oxygen atoms in total. The molecular formula is C17H23N5O2S. The summed E-state index contributed by atoms with van der Waals surface area (Å²) in [5.41, 5.74) is 1.22. The molecule has 2 saturated heterocycles. The molecule has 134 valence electrons. The Balaban J connectivity index is 1.49. The average molecular weight is 361 g/mol. The molecule has 2 aliphatic rings. The maximum Gasteiger partial charge on any atom is 0.320 e. The molecule has 2 aromatic heterocycles. The molecule has 0 saturated carbocycles. The van der Waals surface area contributed by atoms with E-state index >= 15 is 0 Å². The van der Waals surface area contributed by atoms with E-state index in [0.29, 0.717) is 26.3 Å². The fourth-order valence-corrected chi connectivity index (χ4v) is 4.40. The lowest BCUT2D eigenvalue weighted by Gasteiger charge is -2.32. The number of hydrogen-bond donors (Lipinski definition) is 0. The van der Waals surface area contributed by atoms with Gasteiger partial charge in [-0.05, 0) is 24.3 Å². The van der Waals surface area contributed by atoms with Crippen LogP contribution in [0.2, 0.25) is 0 Å². The summed E-state index contributed by atoms with van der Waals surface area (Å²) in [7, 11) is 0. The summed E-state index contributed by atoms with van der Waals surface area (Å²) in [6.45, 7) is 8.02. The third-order valence-corrected chi connectivity index (χ3v) is 5.89. The topological polar surface area (TPSA) is 61.8 Å². The first-order valence-electron chi connectivity index (χ1n) is 8.79. The Morgan fingerprint density at radius 1 is 1.08 bits per heavy atom. The Kier molecular flexibility index (Phi) is 4.72. The van der Waals surface area contributed by atoms with E-state index < -0.39 is 0 Å². The summed E-state index contributed by atoms with van der Waals surface area (Å²) in [4.78, 5) is 28.9. The van der Waals surface area contributed by atoms with E-state index in [1.165, 1.54) is 5.56 Å². The van der Waals surface area contributed by atoms with E-state index in [9.17, 15) is 4.79 Å². The van der Waals surface area contributed by atoms with Crippen LogP contribution in [0.1, 0.15) is 12.0 Å². The standard InChI is InChI=1S/C17H23N5O2S/c1-13-11-25-16-14(13)15(18-12-19-16)20-3-2-4-21(6-5-20)17(23)22-7-9-24-10-8-22/h11-12H,2-10H2,1H3. The molecule has 25 heavy (non-hydrogen) atoms. The van der Waals surface area contributed by atoms with Crippen molar-refractivity contribution in [3.05, 3.63) is 17.3 Å². The first kappa shape index (κ1) is 16.5. The summed E-state index contributed by atoms with van der Waals surface area (Å²) >= 11 is 1.66. The molecule has 2 aromatic rings. The Labute approximate surface area is 151 Å². The Morgan fingerprint density at radius 2 is 1.88 bits per heavy atom. The van der Waals surface area contributed by atoms with Gasteiger partial charge in [-0.1, -0.05) is 0 Å². The molecule has 0 N–H and O–H groups in total. The van der Waals surface area contributed by atoms with E-state index in [2.05, 4.69) is 27.2 Å². The molecule has 0 bridgehead atoms. The van der Waals surface area contributed by atoms with Crippen LogP contribution in [-0.2, 0) is 4.74 Å². The van der Waals surface area contributed by atoms with Gasteiger partial charge >= 0.3 is 6.03 Å². The number of morpholine rings is 1. The number of carbonyl (C=O) groups excluding carboxylic acids is 1. The van der Waals surface area contributed by atoms with Gasteiger partial charge in [0.15, 0.2) is 0 Å². The van der Waals surface area contributed by atoms with Crippen LogP contribution in [0.4, 0.5) is 10.6 Å². The Morgan fingerprint density at radius 3 is 2.72 bits per heavy atom. The van der Waals surface area contributed by atoms with Crippen molar-refractivity contribution in [2.45, 2.75) is 13.3 Å². The van der Waals surface area contributed by atoms with Gasteiger partial charge in [-0.3, -0.25) is 0 Å². The molecule has 0 aliphatic carbocycles. The zero-order valence-electron chi connectivity index (χ0n) is 14.5. The molecule has 2 aliphatic heterocycles. The highest BCUT2D eigenvalue weighted by Crippen LogP contribution is 2.31. The average Bonchev–Trinajstić information content (AvgIpc) is 2.89.